The Balaban J connectivity index is 1.79. The quantitative estimate of drug-likeness (QED) is 0.896. The van der Waals surface area contributed by atoms with Crippen LogP contribution in [0.25, 0.3) is 0 Å². The number of halogens is 1. The number of hydrogen-bond acceptors (Lipinski definition) is 4. The van der Waals surface area contributed by atoms with Crippen LogP contribution in [0.4, 0.5) is 0 Å². The summed E-state index contributed by atoms with van der Waals surface area (Å²) in [7, 11) is 0. The Kier molecular flexibility index (Phi) is 4.04. The maximum atomic E-state index is 5.94. The van der Waals surface area contributed by atoms with Gasteiger partial charge >= 0.3 is 0 Å². The lowest BCUT2D eigenvalue weighted by atomic mass is 9.89. The first-order valence-corrected chi connectivity index (χ1v) is 8.74. The first-order chi connectivity index (χ1) is 11.3. The summed E-state index contributed by atoms with van der Waals surface area (Å²) in [6, 6.07) is 10.4. The van der Waals surface area contributed by atoms with Crippen molar-refractivity contribution in [2.45, 2.75) is 18.8 Å². The molecular formula is C18H18BrN3O. The predicted molar refractivity (Wildman–Crippen MR) is 94.3 cm³/mol. The van der Waals surface area contributed by atoms with Crippen LogP contribution in [0.2, 0.25) is 0 Å². The minimum Gasteiger partial charge on any atom is -0.493 e. The second-order valence-electron chi connectivity index (χ2n) is 5.85. The Morgan fingerprint density at radius 3 is 3.04 bits per heavy atom. The van der Waals surface area contributed by atoms with Crippen molar-refractivity contribution in [3.63, 3.8) is 0 Å². The lowest BCUT2D eigenvalue weighted by molar-refractivity contribution is 0.352. The molecule has 0 spiro atoms. The van der Waals surface area contributed by atoms with E-state index in [1.807, 2.05) is 18.3 Å². The summed E-state index contributed by atoms with van der Waals surface area (Å²) in [6.07, 6.45) is 3.64. The topological polar surface area (TPSA) is 46.5 Å². The van der Waals surface area contributed by atoms with Crippen molar-refractivity contribution < 1.29 is 4.74 Å². The Labute approximate surface area is 144 Å². The molecule has 0 bridgehead atoms. The van der Waals surface area contributed by atoms with Gasteiger partial charge in [-0.15, -0.1) is 0 Å². The SMILES string of the molecule is Brc1cc2c(c(C(CC3=NCCN3)c3ccccn3)c1)OCC2. The van der Waals surface area contributed by atoms with Crippen LogP contribution < -0.4 is 10.1 Å². The molecule has 2 aliphatic heterocycles. The maximum Gasteiger partial charge on any atom is 0.126 e. The first-order valence-electron chi connectivity index (χ1n) is 7.94. The number of aromatic nitrogens is 1. The van der Waals surface area contributed by atoms with Gasteiger partial charge in [0, 0.05) is 47.2 Å². The summed E-state index contributed by atoms with van der Waals surface area (Å²) in [5.41, 5.74) is 3.53. The van der Waals surface area contributed by atoms with E-state index < -0.39 is 0 Å². The molecule has 0 aliphatic carbocycles. The molecule has 1 atom stereocenters. The summed E-state index contributed by atoms with van der Waals surface area (Å²) in [6.45, 7) is 2.54. The number of fused-ring (bicyclic) bond motifs is 1. The van der Waals surface area contributed by atoms with Crippen LogP contribution in [-0.4, -0.2) is 30.5 Å². The molecule has 3 heterocycles. The van der Waals surface area contributed by atoms with E-state index in [9.17, 15) is 0 Å². The highest BCUT2D eigenvalue weighted by Gasteiger charge is 2.27. The van der Waals surface area contributed by atoms with Gasteiger partial charge in [-0.1, -0.05) is 22.0 Å². The number of benzene rings is 1. The van der Waals surface area contributed by atoms with Gasteiger partial charge in [-0.05, 0) is 29.8 Å². The number of aliphatic imine (C=N–C) groups is 1. The number of nitrogens with zero attached hydrogens (tertiary/aromatic N) is 2. The van der Waals surface area contributed by atoms with Crippen molar-refractivity contribution in [3.8, 4) is 5.75 Å². The lowest BCUT2D eigenvalue weighted by Gasteiger charge is -2.20. The Hall–Kier alpha value is -1.88. The highest BCUT2D eigenvalue weighted by molar-refractivity contribution is 9.10. The van der Waals surface area contributed by atoms with Crippen molar-refractivity contribution in [3.05, 3.63) is 57.8 Å². The minimum atomic E-state index is 0.143. The fourth-order valence-electron chi connectivity index (χ4n) is 3.29. The number of rotatable bonds is 4. The smallest absolute Gasteiger partial charge is 0.126 e. The molecule has 0 saturated carbocycles. The number of pyridine rings is 1. The molecule has 0 saturated heterocycles. The molecule has 0 radical (unpaired) electrons. The molecule has 5 heteroatoms. The van der Waals surface area contributed by atoms with Gasteiger partial charge < -0.3 is 10.1 Å². The molecular weight excluding hydrogens is 354 g/mol. The molecule has 4 nitrogen and oxygen atoms in total. The van der Waals surface area contributed by atoms with Gasteiger partial charge in [-0.25, -0.2) is 0 Å². The summed E-state index contributed by atoms with van der Waals surface area (Å²) in [5, 5.41) is 3.38. The van der Waals surface area contributed by atoms with Gasteiger partial charge in [0.2, 0.25) is 0 Å². The van der Waals surface area contributed by atoms with E-state index >= 15 is 0 Å². The van der Waals surface area contributed by atoms with Crippen molar-refractivity contribution in [1.29, 1.82) is 0 Å². The highest BCUT2D eigenvalue weighted by atomic mass is 79.9. The molecule has 1 unspecified atom stereocenters. The van der Waals surface area contributed by atoms with Gasteiger partial charge in [-0.3, -0.25) is 9.98 Å². The molecule has 0 amide bonds. The van der Waals surface area contributed by atoms with E-state index in [0.717, 1.165) is 54.3 Å². The van der Waals surface area contributed by atoms with Crippen molar-refractivity contribution in [2.24, 2.45) is 4.99 Å². The summed E-state index contributed by atoms with van der Waals surface area (Å²) in [4.78, 5) is 9.17. The summed E-state index contributed by atoms with van der Waals surface area (Å²) in [5.74, 6) is 2.24. The fourth-order valence-corrected chi connectivity index (χ4v) is 3.81. The Bertz CT molecular complexity index is 745. The number of nitrogens with one attached hydrogen (secondary N) is 1. The van der Waals surface area contributed by atoms with Crippen LogP contribution in [0.15, 0.2) is 46.0 Å². The van der Waals surface area contributed by atoms with Crippen LogP contribution in [0.1, 0.15) is 29.2 Å². The average Bonchev–Trinajstić information content (AvgIpc) is 3.24. The zero-order valence-electron chi connectivity index (χ0n) is 12.8. The molecule has 1 N–H and O–H groups in total. The Morgan fingerprint density at radius 2 is 2.26 bits per heavy atom. The zero-order chi connectivity index (χ0) is 15.6. The largest absolute Gasteiger partial charge is 0.493 e. The normalized spacial score (nSPS) is 17.2. The number of hydrogen-bond donors (Lipinski definition) is 1. The molecule has 4 rings (SSSR count). The van der Waals surface area contributed by atoms with E-state index in [2.05, 4.69) is 49.4 Å². The molecule has 0 fully saturated rings. The van der Waals surface area contributed by atoms with Crippen LogP contribution >= 0.6 is 15.9 Å². The van der Waals surface area contributed by atoms with Crippen molar-refractivity contribution >= 4 is 21.8 Å². The van der Waals surface area contributed by atoms with Gasteiger partial charge in [0.1, 0.15) is 5.75 Å². The Morgan fingerprint density at radius 1 is 1.30 bits per heavy atom. The van der Waals surface area contributed by atoms with Crippen LogP contribution in [0.5, 0.6) is 5.75 Å². The molecule has 1 aromatic heterocycles. The average molecular weight is 372 g/mol. The third-order valence-electron chi connectivity index (χ3n) is 4.34. The second-order valence-corrected chi connectivity index (χ2v) is 6.76. The van der Waals surface area contributed by atoms with Crippen molar-refractivity contribution in [2.75, 3.05) is 19.7 Å². The third kappa shape index (κ3) is 2.98. The van der Waals surface area contributed by atoms with E-state index in [-0.39, 0.29) is 5.92 Å². The standard InChI is InChI=1S/C18H18BrN3O/c19-13-9-12-4-8-23-18(12)15(10-13)14(11-17-21-6-7-22-17)16-3-1-2-5-20-16/h1-3,5,9-10,14H,4,6-8,11H2,(H,21,22). The van der Waals surface area contributed by atoms with Crippen LogP contribution in [0.3, 0.4) is 0 Å². The zero-order valence-corrected chi connectivity index (χ0v) is 14.3. The third-order valence-corrected chi connectivity index (χ3v) is 4.80. The van der Waals surface area contributed by atoms with E-state index in [0.29, 0.717) is 0 Å². The van der Waals surface area contributed by atoms with Gasteiger partial charge in [-0.2, -0.15) is 0 Å². The molecule has 2 aromatic rings. The summed E-state index contributed by atoms with van der Waals surface area (Å²) < 4.78 is 7.04. The number of amidine groups is 1. The monoisotopic (exact) mass is 371 g/mol. The second kappa shape index (κ2) is 6.32. The maximum absolute atomic E-state index is 5.94. The van der Waals surface area contributed by atoms with E-state index in [1.165, 1.54) is 11.1 Å². The minimum absolute atomic E-state index is 0.143. The van der Waals surface area contributed by atoms with Gasteiger partial charge in [0.15, 0.2) is 0 Å². The summed E-state index contributed by atoms with van der Waals surface area (Å²) >= 11 is 3.65. The molecule has 1 aromatic carbocycles. The first kappa shape index (κ1) is 14.7. The van der Waals surface area contributed by atoms with E-state index in [4.69, 9.17) is 4.74 Å². The highest BCUT2D eigenvalue weighted by Crippen LogP contribution is 2.40. The molecule has 118 valence electrons. The molecule has 2 aliphatic rings. The van der Waals surface area contributed by atoms with Gasteiger partial charge in [0.25, 0.3) is 0 Å². The van der Waals surface area contributed by atoms with Crippen molar-refractivity contribution in [1.82, 2.24) is 10.3 Å². The molecule has 23 heavy (non-hydrogen) atoms. The fraction of sp³-hybridized carbons (Fsp3) is 0.333. The van der Waals surface area contributed by atoms with Gasteiger partial charge in [0.05, 0.1) is 19.0 Å². The lowest BCUT2D eigenvalue weighted by Crippen LogP contribution is -2.22. The van der Waals surface area contributed by atoms with E-state index in [1.54, 1.807) is 0 Å². The van der Waals surface area contributed by atoms with Crippen LogP contribution in [-0.2, 0) is 6.42 Å². The van der Waals surface area contributed by atoms with Crippen LogP contribution in [0, 0.1) is 0 Å². The predicted octanol–water partition coefficient (Wildman–Crippen LogP) is 3.30. The number of ether oxygens (including phenoxy) is 1.